The first-order valence-corrected chi connectivity index (χ1v) is 6.92. The van der Waals surface area contributed by atoms with Gasteiger partial charge in [-0.1, -0.05) is 6.07 Å². The molecule has 1 heterocycles. The Balaban J connectivity index is 2.45. The molecule has 5 heteroatoms. The van der Waals surface area contributed by atoms with E-state index in [0.29, 0.717) is 23.6 Å². The van der Waals surface area contributed by atoms with Gasteiger partial charge in [0.15, 0.2) is 0 Å². The molecule has 4 nitrogen and oxygen atoms in total. The van der Waals surface area contributed by atoms with Crippen molar-refractivity contribution < 1.29 is 9.13 Å². The lowest BCUT2D eigenvalue weighted by Gasteiger charge is -2.20. The number of benzene rings is 1. The fourth-order valence-electron chi connectivity index (χ4n) is 2.14. The maximum atomic E-state index is 14.2. The molecular formula is C16H22FN3O. The van der Waals surface area contributed by atoms with Crippen molar-refractivity contribution in [1.29, 1.82) is 0 Å². The molecule has 0 amide bonds. The summed E-state index contributed by atoms with van der Waals surface area (Å²) in [5, 5.41) is 7.81. The van der Waals surface area contributed by atoms with Crippen molar-refractivity contribution in [2.75, 3.05) is 7.11 Å². The minimum atomic E-state index is -0.329. The highest BCUT2D eigenvalue weighted by atomic mass is 19.1. The van der Waals surface area contributed by atoms with E-state index in [2.05, 4.69) is 31.2 Å². The second-order valence-electron chi connectivity index (χ2n) is 6.10. The first-order valence-electron chi connectivity index (χ1n) is 6.92. The van der Waals surface area contributed by atoms with Crippen LogP contribution in [0.15, 0.2) is 24.4 Å². The summed E-state index contributed by atoms with van der Waals surface area (Å²) in [6.45, 7) is 6.89. The van der Waals surface area contributed by atoms with Gasteiger partial charge in [0.05, 0.1) is 12.7 Å². The predicted octanol–water partition coefficient (Wildman–Crippen LogP) is 3.12. The SMILES string of the molecule is COc1cccc(F)c1-c1nn(C)cc1CNC(C)(C)C. The molecule has 0 aliphatic heterocycles. The largest absolute Gasteiger partial charge is 0.496 e. The third-order valence-corrected chi connectivity index (χ3v) is 3.15. The van der Waals surface area contributed by atoms with Gasteiger partial charge in [0.25, 0.3) is 0 Å². The van der Waals surface area contributed by atoms with E-state index >= 15 is 0 Å². The van der Waals surface area contributed by atoms with E-state index in [1.165, 1.54) is 13.2 Å². The molecule has 0 saturated heterocycles. The zero-order valence-corrected chi connectivity index (χ0v) is 13.2. The van der Waals surface area contributed by atoms with Gasteiger partial charge in [0.2, 0.25) is 0 Å². The van der Waals surface area contributed by atoms with Crippen molar-refractivity contribution in [2.45, 2.75) is 32.9 Å². The molecule has 0 aliphatic rings. The molecule has 0 spiro atoms. The molecule has 1 aromatic carbocycles. The van der Waals surface area contributed by atoms with Crippen LogP contribution in [0.3, 0.4) is 0 Å². The molecule has 0 saturated carbocycles. The van der Waals surface area contributed by atoms with Gasteiger partial charge in [-0.05, 0) is 32.9 Å². The average molecular weight is 291 g/mol. The third-order valence-electron chi connectivity index (χ3n) is 3.15. The van der Waals surface area contributed by atoms with E-state index in [9.17, 15) is 4.39 Å². The Morgan fingerprint density at radius 2 is 2.05 bits per heavy atom. The Morgan fingerprint density at radius 3 is 2.67 bits per heavy atom. The summed E-state index contributed by atoms with van der Waals surface area (Å²) < 4.78 is 21.2. The van der Waals surface area contributed by atoms with Crippen molar-refractivity contribution >= 4 is 0 Å². The average Bonchev–Trinajstić information content (AvgIpc) is 2.76. The molecule has 21 heavy (non-hydrogen) atoms. The second-order valence-corrected chi connectivity index (χ2v) is 6.10. The van der Waals surface area contributed by atoms with Crippen molar-refractivity contribution in [3.8, 4) is 17.0 Å². The molecule has 0 bridgehead atoms. The van der Waals surface area contributed by atoms with Crippen LogP contribution in [0.4, 0.5) is 4.39 Å². The number of ether oxygens (including phenoxy) is 1. The van der Waals surface area contributed by atoms with E-state index in [4.69, 9.17) is 4.74 Å². The highest BCUT2D eigenvalue weighted by molar-refractivity contribution is 5.70. The van der Waals surface area contributed by atoms with Crippen molar-refractivity contribution in [2.24, 2.45) is 7.05 Å². The summed E-state index contributed by atoms with van der Waals surface area (Å²) in [7, 11) is 3.37. The van der Waals surface area contributed by atoms with Crippen molar-refractivity contribution in [3.05, 3.63) is 35.8 Å². The van der Waals surface area contributed by atoms with Gasteiger partial charge in [0, 0.05) is 30.9 Å². The molecule has 1 N–H and O–H groups in total. The summed E-state index contributed by atoms with van der Waals surface area (Å²) in [4.78, 5) is 0. The predicted molar refractivity (Wildman–Crippen MR) is 81.7 cm³/mol. The number of nitrogens with zero attached hydrogens (tertiary/aromatic N) is 2. The Kier molecular flexibility index (Phi) is 4.32. The maximum Gasteiger partial charge on any atom is 0.136 e. The minimum Gasteiger partial charge on any atom is -0.496 e. The monoisotopic (exact) mass is 291 g/mol. The Labute approximate surface area is 124 Å². The van der Waals surface area contributed by atoms with Gasteiger partial charge in [0.1, 0.15) is 17.3 Å². The summed E-state index contributed by atoms with van der Waals surface area (Å²) in [6, 6.07) is 4.80. The topological polar surface area (TPSA) is 39.1 Å². The van der Waals surface area contributed by atoms with E-state index < -0.39 is 0 Å². The van der Waals surface area contributed by atoms with Crippen LogP contribution in [0.5, 0.6) is 5.75 Å². The number of hydrogen-bond acceptors (Lipinski definition) is 3. The summed E-state index contributed by atoms with van der Waals surface area (Å²) >= 11 is 0. The molecule has 2 aromatic rings. The van der Waals surface area contributed by atoms with E-state index in [-0.39, 0.29) is 11.4 Å². The standard InChI is InChI=1S/C16H22FN3O/c1-16(2,3)18-9-11-10-20(4)19-15(11)14-12(17)7-6-8-13(14)21-5/h6-8,10,18H,9H2,1-5H3. The smallest absolute Gasteiger partial charge is 0.136 e. The lowest BCUT2D eigenvalue weighted by Crippen LogP contribution is -2.35. The highest BCUT2D eigenvalue weighted by Gasteiger charge is 2.19. The van der Waals surface area contributed by atoms with E-state index in [1.54, 1.807) is 16.8 Å². The first kappa shape index (κ1) is 15.5. The molecule has 0 atom stereocenters. The molecular weight excluding hydrogens is 269 g/mol. The van der Waals surface area contributed by atoms with Crippen LogP contribution in [0.2, 0.25) is 0 Å². The molecule has 0 unspecified atom stereocenters. The van der Waals surface area contributed by atoms with Crippen LogP contribution in [0, 0.1) is 5.82 Å². The quantitative estimate of drug-likeness (QED) is 0.940. The molecule has 0 aliphatic carbocycles. The first-order chi connectivity index (χ1) is 9.81. The van der Waals surface area contributed by atoms with Crippen molar-refractivity contribution in [1.82, 2.24) is 15.1 Å². The fourth-order valence-corrected chi connectivity index (χ4v) is 2.14. The zero-order chi connectivity index (χ0) is 15.6. The van der Waals surface area contributed by atoms with Gasteiger partial charge < -0.3 is 10.1 Å². The Hall–Kier alpha value is -1.88. The van der Waals surface area contributed by atoms with Gasteiger partial charge in [-0.3, -0.25) is 4.68 Å². The van der Waals surface area contributed by atoms with Gasteiger partial charge >= 0.3 is 0 Å². The molecule has 1 aromatic heterocycles. The lowest BCUT2D eigenvalue weighted by atomic mass is 10.0. The normalized spacial score (nSPS) is 11.7. The lowest BCUT2D eigenvalue weighted by molar-refractivity contribution is 0.412. The molecule has 0 fully saturated rings. The molecule has 2 rings (SSSR count). The maximum absolute atomic E-state index is 14.2. The van der Waals surface area contributed by atoms with Gasteiger partial charge in [-0.15, -0.1) is 0 Å². The second kappa shape index (κ2) is 5.85. The van der Waals surface area contributed by atoms with E-state index in [1.807, 2.05) is 13.2 Å². The number of rotatable bonds is 4. The van der Waals surface area contributed by atoms with Crippen LogP contribution >= 0.6 is 0 Å². The van der Waals surface area contributed by atoms with Crippen LogP contribution < -0.4 is 10.1 Å². The van der Waals surface area contributed by atoms with Crippen LogP contribution in [0.1, 0.15) is 26.3 Å². The summed E-state index contributed by atoms with van der Waals surface area (Å²) in [5.74, 6) is 0.163. The van der Waals surface area contributed by atoms with Gasteiger partial charge in [-0.25, -0.2) is 4.39 Å². The Morgan fingerprint density at radius 1 is 1.33 bits per heavy atom. The number of aromatic nitrogens is 2. The zero-order valence-electron chi connectivity index (χ0n) is 13.2. The number of halogens is 1. The Bertz CT molecular complexity index is 629. The van der Waals surface area contributed by atoms with Crippen LogP contribution in [-0.4, -0.2) is 22.4 Å². The molecule has 0 radical (unpaired) electrons. The summed E-state index contributed by atoms with van der Waals surface area (Å²) in [5.41, 5.74) is 1.94. The highest BCUT2D eigenvalue weighted by Crippen LogP contribution is 2.33. The fraction of sp³-hybridized carbons (Fsp3) is 0.438. The number of aryl methyl sites for hydroxylation is 1. The minimum absolute atomic E-state index is 0.0214. The third kappa shape index (κ3) is 3.61. The van der Waals surface area contributed by atoms with Gasteiger partial charge in [-0.2, -0.15) is 5.10 Å². The number of nitrogens with one attached hydrogen (secondary N) is 1. The molecule has 114 valence electrons. The van der Waals surface area contributed by atoms with E-state index in [0.717, 1.165) is 5.56 Å². The number of methoxy groups -OCH3 is 1. The van der Waals surface area contributed by atoms with Crippen LogP contribution in [0.25, 0.3) is 11.3 Å². The summed E-state index contributed by atoms with van der Waals surface area (Å²) in [6.07, 6.45) is 1.90. The number of hydrogen-bond donors (Lipinski definition) is 1. The van der Waals surface area contributed by atoms with Crippen LogP contribution in [-0.2, 0) is 13.6 Å². The van der Waals surface area contributed by atoms with Crippen molar-refractivity contribution in [3.63, 3.8) is 0 Å².